The van der Waals surface area contributed by atoms with Gasteiger partial charge in [0.2, 0.25) is 5.91 Å². The summed E-state index contributed by atoms with van der Waals surface area (Å²) in [5.41, 5.74) is 0. The molecule has 0 aromatic carbocycles. The minimum atomic E-state index is -2.79. The minimum Gasteiger partial charge on any atom is -0.379 e. The molecule has 0 aromatic heterocycles. The van der Waals surface area contributed by atoms with Crippen molar-refractivity contribution in [3.05, 3.63) is 0 Å². The number of hydrogen-bond donors (Lipinski definition) is 0. The number of nitrogens with zero attached hydrogens (tertiary/aromatic N) is 2. The molecule has 1 rings (SSSR count). The second-order valence-electron chi connectivity index (χ2n) is 4.67. The Kier molecular flexibility index (Phi) is 5.40. The first-order valence-electron chi connectivity index (χ1n) is 5.79. The van der Waals surface area contributed by atoms with Crippen LogP contribution in [0.25, 0.3) is 0 Å². The zero-order chi connectivity index (χ0) is 13.9. The largest absolute Gasteiger partial charge is 0.379 e. The number of hydrogen-bond acceptors (Lipinski definition) is 4. The number of carbonyl (C=O) groups excluding carboxylic acids is 1. The second-order valence-corrected chi connectivity index (χ2v) is 7.33. The van der Waals surface area contributed by atoms with E-state index >= 15 is 0 Å². The summed E-state index contributed by atoms with van der Waals surface area (Å²) in [4.78, 5) is 12.9. The van der Waals surface area contributed by atoms with E-state index in [1.807, 2.05) is 0 Å². The lowest BCUT2D eigenvalue weighted by molar-refractivity contribution is -0.139. The summed E-state index contributed by atoms with van der Waals surface area (Å²) in [6.07, 6.45) is -0.342. The van der Waals surface area contributed by atoms with Crippen LogP contribution >= 0.6 is 7.52 Å². The lowest BCUT2D eigenvalue weighted by Gasteiger charge is -2.37. The van der Waals surface area contributed by atoms with Crippen LogP contribution in [0.5, 0.6) is 0 Å². The van der Waals surface area contributed by atoms with Gasteiger partial charge in [0.15, 0.2) is 0 Å². The first kappa shape index (κ1) is 15.7. The molecule has 2 radical (unpaired) electrons. The van der Waals surface area contributed by atoms with Gasteiger partial charge in [0.25, 0.3) is 7.52 Å². The standard InChI is InChI=1S/C10H20BN2O4P/c1-8(14)13-5-9(17-10(11)6-13)7-16-18(4,15)12(2)3/h9-10H,5-7H2,1-4H3/t9?,10-,18?/m1/s1. The molecule has 3 atom stereocenters. The van der Waals surface area contributed by atoms with E-state index in [0.29, 0.717) is 13.1 Å². The highest BCUT2D eigenvalue weighted by Gasteiger charge is 2.29. The maximum atomic E-state index is 12.0. The summed E-state index contributed by atoms with van der Waals surface area (Å²) >= 11 is 0. The highest BCUT2D eigenvalue weighted by Crippen LogP contribution is 2.44. The SMILES string of the molecule is [B][C@H]1CN(C(C)=O)CC(COP(C)(=O)N(C)C)O1. The molecule has 0 aromatic rings. The van der Waals surface area contributed by atoms with E-state index < -0.39 is 13.5 Å². The third kappa shape index (κ3) is 4.39. The lowest BCUT2D eigenvalue weighted by atomic mass is 9.97. The van der Waals surface area contributed by atoms with Crippen molar-refractivity contribution in [3.63, 3.8) is 0 Å². The fraction of sp³-hybridized carbons (Fsp3) is 0.900. The lowest BCUT2D eigenvalue weighted by Crippen LogP contribution is -2.51. The Bertz CT molecular complexity index is 353. The van der Waals surface area contributed by atoms with Crippen molar-refractivity contribution in [3.8, 4) is 0 Å². The summed E-state index contributed by atoms with van der Waals surface area (Å²) in [5.74, 6) is -0.0500. The molecule has 6 nitrogen and oxygen atoms in total. The maximum Gasteiger partial charge on any atom is 0.268 e. The summed E-state index contributed by atoms with van der Waals surface area (Å²) in [6, 6.07) is -0.521. The molecule has 1 saturated heterocycles. The summed E-state index contributed by atoms with van der Waals surface area (Å²) in [6.45, 7) is 3.97. The van der Waals surface area contributed by atoms with Crippen LogP contribution in [0.3, 0.4) is 0 Å². The molecular formula is C10H20BN2O4P. The van der Waals surface area contributed by atoms with Gasteiger partial charge in [0.05, 0.1) is 12.7 Å². The van der Waals surface area contributed by atoms with Gasteiger partial charge in [-0.25, -0.2) is 4.67 Å². The number of ether oxygens (including phenoxy) is 1. The van der Waals surface area contributed by atoms with Crippen LogP contribution in [0.4, 0.5) is 0 Å². The predicted octanol–water partition coefficient (Wildman–Crippen LogP) is 0.129. The third-order valence-corrected chi connectivity index (χ3v) is 4.94. The molecule has 2 unspecified atom stereocenters. The Hall–Kier alpha value is -0.355. The van der Waals surface area contributed by atoms with E-state index in [9.17, 15) is 9.36 Å². The topological polar surface area (TPSA) is 59.1 Å². The fourth-order valence-electron chi connectivity index (χ4n) is 1.56. The van der Waals surface area contributed by atoms with Crippen LogP contribution in [0, 0.1) is 0 Å². The maximum absolute atomic E-state index is 12.0. The molecule has 8 heteroatoms. The monoisotopic (exact) mass is 274 g/mol. The van der Waals surface area contributed by atoms with Crippen molar-refractivity contribution in [1.82, 2.24) is 9.57 Å². The number of morpholine rings is 1. The third-order valence-electron chi connectivity index (χ3n) is 2.86. The summed E-state index contributed by atoms with van der Waals surface area (Å²) in [5, 5.41) is 0. The molecule has 0 spiro atoms. The van der Waals surface area contributed by atoms with E-state index in [2.05, 4.69) is 0 Å². The Morgan fingerprint density at radius 2 is 2.17 bits per heavy atom. The van der Waals surface area contributed by atoms with Gasteiger partial charge in [-0.2, -0.15) is 0 Å². The zero-order valence-electron chi connectivity index (χ0n) is 11.3. The van der Waals surface area contributed by atoms with Gasteiger partial charge in [-0.3, -0.25) is 9.36 Å². The summed E-state index contributed by atoms with van der Waals surface area (Å²) < 4.78 is 24.4. The van der Waals surface area contributed by atoms with Crippen LogP contribution in [0.1, 0.15) is 6.92 Å². The van der Waals surface area contributed by atoms with Crippen molar-refractivity contribution in [2.24, 2.45) is 0 Å². The van der Waals surface area contributed by atoms with Crippen LogP contribution in [0.2, 0.25) is 0 Å². The smallest absolute Gasteiger partial charge is 0.268 e. The van der Waals surface area contributed by atoms with Gasteiger partial charge < -0.3 is 14.2 Å². The van der Waals surface area contributed by atoms with E-state index in [-0.39, 0.29) is 18.6 Å². The predicted molar refractivity (Wildman–Crippen MR) is 69.8 cm³/mol. The fourth-order valence-corrected chi connectivity index (χ4v) is 2.23. The van der Waals surface area contributed by atoms with Crippen LogP contribution in [0.15, 0.2) is 0 Å². The summed E-state index contributed by atoms with van der Waals surface area (Å²) in [7, 11) is 6.30. The molecule has 1 aliphatic heterocycles. The van der Waals surface area contributed by atoms with E-state index in [1.54, 1.807) is 30.3 Å². The number of carbonyl (C=O) groups is 1. The molecule has 1 fully saturated rings. The van der Waals surface area contributed by atoms with Gasteiger partial charge in [-0.15, -0.1) is 0 Å². The highest BCUT2D eigenvalue weighted by molar-refractivity contribution is 7.55. The first-order valence-corrected chi connectivity index (χ1v) is 7.81. The average Bonchev–Trinajstić information content (AvgIpc) is 2.25. The Morgan fingerprint density at radius 3 is 2.67 bits per heavy atom. The molecule has 1 amide bonds. The van der Waals surface area contributed by atoms with Crippen molar-refractivity contribution >= 4 is 21.3 Å². The van der Waals surface area contributed by atoms with Crippen molar-refractivity contribution in [2.75, 3.05) is 40.5 Å². The molecule has 0 N–H and O–H groups in total. The van der Waals surface area contributed by atoms with E-state index in [0.717, 1.165) is 0 Å². The molecule has 0 saturated carbocycles. The number of amides is 1. The molecule has 18 heavy (non-hydrogen) atoms. The van der Waals surface area contributed by atoms with E-state index in [1.165, 1.54) is 6.92 Å². The minimum absolute atomic E-state index is 0.0500. The highest BCUT2D eigenvalue weighted by atomic mass is 31.2. The van der Waals surface area contributed by atoms with Gasteiger partial charge >= 0.3 is 0 Å². The normalized spacial score (nSPS) is 28.2. The van der Waals surface area contributed by atoms with E-state index in [4.69, 9.17) is 17.1 Å². The number of rotatable bonds is 4. The zero-order valence-corrected chi connectivity index (χ0v) is 12.2. The Morgan fingerprint density at radius 1 is 1.56 bits per heavy atom. The van der Waals surface area contributed by atoms with Gasteiger partial charge in [-0.1, -0.05) is 0 Å². The molecule has 102 valence electrons. The van der Waals surface area contributed by atoms with Crippen LogP contribution < -0.4 is 0 Å². The second kappa shape index (κ2) is 6.19. The molecular weight excluding hydrogens is 254 g/mol. The first-order chi connectivity index (χ1) is 8.22. The molecule has 1 aliphatic rings. The van der Waals surface area contributed by atoms with Crippen molar-refractivity contribution < 1.29 is 18.6 Å². The van der Waals surface area contributed by atoms with Crippen molar-refractivity contribution in [2.45, 2.75) is 19.0 Å². The van der Waals surface area contributed by atoms with Crippen LogP contribution in [-0.4, -0.2) is 75.9 Å². The Labute approximate surface area is 110 Å². The molecule has 0 aliphatic carbocycles. The average molecular weight is 274 g/mol. The Balaban J connectivity index is 2.52. The molecule has 1 heterocycles. The van der Waals surface area contributed by atoms with Gasteiger partial charge in [0.1, 0.15) is 7.85 Å². The van der Waals surface area contributed by atoms with Gasteiger partial charge in [-0.05, 0) is 14.1 Å². The quantitative estimate of drug-likeness (QED) is 0.538. The van der Waals surface area contributed by atoms with Gasteiger partial charge in [0, 0.05) is 32.7 Å². The van der Waals surface area contributed by atoms with Crippen LogP contribution in [-0.2, 0) is 18.6 Å². The molecule has 0 bridgehead atoms. The van der Waals surface area contributed by atoms with Crippen molar-refractivity contribution in [1.29, 1.82) is 0 Å².